The SMILES string of the molecule is O=C(Nc1ccc(OCC2CCCO2)cc1)c1cnc2c(c1)ncn2C1CCCC1. The third-order valence-electron chi connectivity index (χ3n) is 5.97. The summed E-state index contributed by atoms with van der Waals surface area (Å²) in [6.07, 6.45) is 10.7. The summed E-state index contributed by atoms with van der Waals surface area (Å²) in [7, 11) is 0. The van der Waals surface area contributed by atoms with Gasteiger partial charge in [0.25, 0.3) is 5.91 Å². The molecule has 0 spiro atoms. The molecule has 1 atom stereocenters. The molecule has 3 heterocycles. The summed E-state index contributed by atoms with van der Waals surface area (Å²) in [5.74, 6) is 0.567. The van der Waals surface area contributed by atoms with Crippen molar-refractivity contribution in [2.75, 3.05) is 18.5 Å². The number of rotatable bonds is 6. The second-order valence-electron chi connectivity index (χ2n) is 8.08. The van der Waals surface area contributed by atoms with Crippen LogP contribution in [-0.2, 0) is 4.74 Å². The van der Waals surface area contributed by atoms with Gasteiger partial charge in [-0.2, -0.15) is 0 Å². The minimum Gasteiger partial charge on any atom is -0.491 e. The lowest BCUT2D eigenvalue weighted by Crippen LogP contribution is -2.16. The number of hydrogen-bond acceptors (Lipinski definition) is 5. The van der Waals surface area contributed by atoms with Crippen LogP contribution in [0.3, 0.4) is 0 Å². The highest BCUT2D eigenvalue weighted by Gasteiger charge is 2.20. The van der Waals surface area contributed by atoms with E-state index in [2.05, 4.69) is 19.9 Å². The molecule has 1 unspecified atom stereocenters. The maximum Gasteiger partial charge on any atom is 0.257 e. The molecule has 1 aromatic carbocycles. The number of aromatic nitrogens is 3. The molecule has 156 valence electrons. The Labute approximate surface area is 175 Å². The van der Waals surface area contributed by atoms with Gasteiger partial charge in [-0.15, -0.1) is 0 Å². The molecule has 30 heavy (non-hydrogen) atoms. The summed E-state index contributed by atoms with van der Waals surface area (Å²) in [4.78, 5) is 21.7. The van der Waals surface area contributed by atoms with Crippen LogP contribution in [0.1, 0.15) is 54.9 Å². The average Bonchev–Trinajstić information content (AvgIpc) is 3.54. The van der Waals surface area contributed by atoms with Gasteiger partial charge in [0.05, 0.1) is 18.0 Å². The molecule has 7 nitrogen and oxygen atoms in total. The standard InChI is InChI=1S/C23H26N4O3/c28-23(26-17-7-9-19(10-8-17)30-14-20-6-3-11-29-20)16-12-21-22(24-13-16)27(15-25-21)18-4-1-2-5-18/h7-10,12-13,15,18,20H,1-6,11,14H2,(H,26,28). The Kier molecular flexibility index (Phi) is 5.36. The minimum atomic E-state index is -0.201. The van der Waals surface area contributed by atoms with Gasteiger partial charge < -0.3 is 19.4 Å². The van der Waals surface area contributed by atoms with E-state index in [1.807, 2.05) is 36.7 Å². The highest BCUT2D eigenvalue weighted by molar-refractivity contribution is 6.05. The number of anilines is 1. The number of pyridine rings is 1. The molecule has 2 fully saturated rings. The normalized spacial score (nSPS) is 19.4. The highest BCUT2D eigenvalue weighted by Crippen LogP contribution is 2.31. The van der Waals surface area contributed by atoms with E-state index >= 15 is 0 Å². The number of nitrogens with one attached hydrogen (secondary N) is 1. The van der Waals surface area contributed by atoms with Gasteiger partial charge in [0, 0.05) is 24.5 Å². The summed E-state index contributed by atoms with van der Waals surface area (Å²) in [6.45, 7) is 1.38. The van der Waals surface area contributed by atoms with Gasteiger partial charge >= 0.3 is 0 Å². The number of hydrogen-bond donors (Lipinski definition) is 1. The van der Waals surface area contributed by atoms with Gasteiger partial charge in [-0.1, -0.05) is 12.8 Å². The number of ether oxygens (including phenoxy) is 2. The Morgan fingerprint density at radius 3 is 2.73 bits per heavy atom. The minimum absolute atomic E-state index is 0.184. The van der Waals surface area contributed by atoms with Crippen LogP contribution in [0.5, 0.6) is 5.75 Å². The molecule has 0 radical (unpaired) electrons. The van der Waals surface area contributed by atoms with E-state index in [0.29, 0.717) is 23.9 Å². The van der Waals surface area contributed by atoms with Crippen molar-refractivity contribution in [2.24, 2.45) is 0 Å². The van der Waals surface area contributed by atoms with Crippen molar-refractivity contribution in [3.05, 3.63) is 48.4 Å². The summed E-state index contributed by atoms with van der Waals surface area (Å²) in [5.41, 5.74) is 2.82. The Hall–Kier alpha value is -2.93. The molecule has 3 aromatic rings. The van der Waals surface area contributed by atoms with Crippen molar-refractivity contribution in [1.82, 2.24) is 14.5 Å². The number of imidazole rings is 1. The fraction of sp³-hybridized carbons (Fsp3) is 0.435. The Balaban J connectivity index is 1.22. The van der Waals surface area contributed by atoms with E-state index in [4.69, 9.17) is 9.47 Å². The fourth-order valence-electron chi connectivity index (χ4n) is 4.30. The second kappa shape index (κ2) is 8.44. The smallest absolute Gasteiger partial charge is 0.257 e. The molecule has 1 aliphatic heterocycles. The fourth-order valence-corrected chi connectivity index (χ4v) is 4.30. The van der Waals surface area contributed by atoms with Gasteiger partial charge in [0.1, 0.15) is 17.9 Å². The van der Waals surface area contributed by atoms with Gasteiger partial charge in [0.2, 0.25) is 0 Å². The molecular weight excluding hydrogens is 380 g/mol. The number of carbonyl (C=O) groups is 1. The van der Waals surface area contributed by atoms with Crippen LogP contribution in [0.4, 0.5) is 5.69 Å². The van der Waals surface area contributed by atoms with Crippen LogP contribution in [0.15, 0.2) is 42.9 Å². The van der Waals surface area contributed by atoms with E-state index in [-0.39, 0.29) is 12.0 Å². The predicted octanol–water partition coefficient (Wildman–Crippen LogP) is 4.36. The monoisotopic (exact) mass is 406 g/mol. The zero-order valence-corrected chi connectivity index (χ0v) is 16.9. The van der Waals surface area contributed by atoms with Crippen LogP contribution < -0.4 is 10.1 Å². The van der Waals surface area contributed by atoms with Crippen LogP contribution in [-0.4, -0.2) is 39.8 Å². The van der Waals surface area contributed by atoms with Crippen molar-refractivity contribution in [2.45, 2.75) is 50.7 Å². The Morgan fingerprint density at radius 1 is 1.13 bits per heavy atom. The van der Waals surface area contributed by atoms with E-state index in [1.165, 1.54) is 25.7 Å². The average molecular weight is 406 g/mol. The number of carbonyl (C=O) groups excluding carboxylic acids is 1. The molecule has 1 aliphatic carbocycles. The quantitative estimate of drug-likeness (QED) is 0.658. The van der Waals surface area contributed by atoms with Gasteiger partial charge in [0.15, 0.2) is 5.65 Å². The van der Waals surface area contributed by atoms with Crippen molar-refractivity contribution in [1.29, 1.82) is 0 Å². The van der Waals surface area contributed by atoms with E-state index in [0.717, 1.165) is 36.4 Å². The first-order valence-electron chi connectivity index (χ1n) is 10.7. The summed E-state index contributed by atoms with van der Waals surface area (Å²) in [5, 5.41) is 2.92. The number of fused-ring (bicyclic) bond motifs is 1. The van der Waals surface area contributed by atoms with Gasteiger partial charge in [-0.05, 0) is 56.0 Å². The first kappa shape index (κ1) is 19.1. The summed E-state index contributed by atoms with van der Waals surface area (Å²) < 4.78 is 13.5. The molecule has 1 amide bonds. The first-order valence-corrected chi connectivity index (χ1v) is 10.7. The Bertz CT molecular complexity index is 1020. The van der Waals surface area contributed by atoms with Crippen molar-refractivity contribution in [3.8, 4) is 5.75 Å². The molecule has 2 aliphatic rings. The lowest BCUT2D eigenvalue weighted by atomic mass is 10.2. The van der Waals surface area contributed by atoms with Crippen LogP contribution in [0.25, 0.3) is 11.2 Å². The van der Waals surface area contributed by atoms with Crippen molar-refractivity contribution < 1.29 is 14.3 Å². The maximum absolute atomic E-state index is 12.7. The number of nitrogens with zero attached hydrogens (tertiary/aromatic N) is 3. The number of amides is 1. The molecule has 2 aromatic heterocycles. The third-order valence-corrected chi connectivity index (χ3v) is 5.97. The van der Waals surface area contributed by atoms with Crippen LogP contribution in [0, 0.1) is 0 Å². The van der Waals surface area contributed by atoms with Crippen molar-refractivity contribution in [3.63, 3.8) is 0 Å². The molecular formula is C23H26N4O3. The second-order valence-corrected chi connectivity index (χ2v) is 8.08. The largest absolute Gasteiger partial charge is 0.491 e. The third kappa shape index (κ3) is 4.03. The lowest BCUT2D eigenvalue weighted by molar-refractivity contribution is 0.0679. The zero-order valence-electron chi connectivity index (χ0n) is 16.9. The molecule has 1 N–H and O–H groups in total. The molecule has 5 rings (SSSR count). The van der Waals surface area contributed by atoms with Gasteiger partial charge in [-0.3, -0.25) is 4.79 Å². The van der Waals surface area contributed by atoms with Crippen molar-refractivity contribution >= 4 is 22.8 Å². The topological polar surface area (TPSA) is 78.3 Å². The predicted molar refractivity (Wildman–Crippen MR) is 114 cm³/mol. The number of benzene rings is 1. The van der Waals surface area contributed by atoms with Gasteiger partial charge in [-0.25, -0.2) is 9.97 Å². The van der Waals surface area contributed by atoms with Crippen LogP contribution >= 0.6 is 0 Å². The highest BCUT2D eigenvalue weighted by atomic mass is 16.5. The summed E-state index contributed by atoms with van der Waals surface area (Å²) in [6, 6.07) is 9.67. The zero-order chi connectivity index (χ0) is 20.3. The Morgan fingerprint density at radius 2 is 1.97 bits per heavy atom. The van der Waals surface area contributed by atoms with E-state index in [9.17, 15) is 4.79 Å². The molecule has 1 saturated carbocycles. The molecule has 1 saturated heterocycles. The first-order chi connectivity index (χ1) is 14.8. The molecule has 7 heteroatoms. The lowest BCUT2D eigenvalue weighted by Gasteiger charge is -2.12. The molecule has 0 bridgehead atoms. The summed E-state index contributed by atoms with van der Waals surface area (Å²) >= 11 is 0. The van der Waals surface area contributed by atoms with E-state index in [1.54, 1.807) is 6.20 Å². The van der Waals surface area contributed by atoms with Crippen LogP contribution in [0.2, 0.25) is 0 Å². The maximum atomic E-state index is 12.7. The van der Waals surface area contributed by atoms with E-state index < -0.39 is 0 Å².